The molecule has 7 rings (SSSR count). The van der Waals surface area contributed by atoms with Gasteiger partial charge < -0.3 is 9.80 Å². The number of nitrogens with zero attached hydrogens (tertiary/aromatic N) is 4. The minimum Gasteiger partial charge on any atom is -0.341 e. The van der Waals surface area contributed by atoms with Crippen LogP contribution in [0, 0.1) is 45.9 Å². The van der Waals surface area contributed by atoms with Crippen LogP contribution in [0.2, 0.25) is 0 Å². The Morgan fingerprint density at radius 2 is 1.33 bits per heavy atom. The summed E-state index contributed by atoms with van der Waals surface area (Å²) in [5.41, 5.74) is 19.4. The minimum absolute atomic E-state index is 0.618. The summed E-state index contributed by atoms with van der Waals surface area (Å²) in [6.45, 7) is 25.5. The van der Waals surface area contributed by atoms with Crippen LogP contribution in [-0.2, 0) is 0 Å². The summed E-state index contributed by atoms with van der Waals surface area (Å²) in [6, 6.07) is 43.6. The zero-order valence-corrected chi connectivity index (χ0v) is 39.6. The third kappa shape index (κ3) is 8.93. The number of hydrogen-bond acceptors (Lipinski definition) is 4. The first-order valence-electron chi connectivity index (χ1n) is 22.2. The molecule has 1 heterocycles. The van der Waals surface area contributed by atoms with E-state index in [4.69, 9.17) is 0 Å². The number of allylic oxidation sites excluding steroid dienone is 9. The zero-order chi connectivity index (χ0) is 45.5. The van der Waals surface area contributed by atoms with Crippen molar-refractivity contribution in [1.82, 2.24) is 0 Å². The number of aryl methyl sites for hydroxylation is 5. The fourth-order valence-corrected chi connectivity index (χ4v) is 10.3. The second kappa shape index (κ2) is 20.0. The molecule has 1 aliphatic carbocycles. The molecule has 0 saturated carbocycles. The fourth-order valence-electron chi connectivity index (χ4n) is 8.94. The Kier molecular flexibility index (Phi) is 14.1. The van der Waals surface area contributed by atoms with Crippen molar-refractivity contribution in [2.75, 3.05) is 22.9 Å². The van der Waals surface area contributed by atoms with Crippen molar-refractivity contribution >= 4 is 50.4 Å². The van der Waals surface area contributed by atoms with Gasteiger partial charge in [0.25, 0.3) is 0 Å². The molecule has 320 valence electrons. The van der Waals surface area contributed by atoms with Crippen molar-refractivity contribution in [3.8, 4) is 17.2 Å². The highest BCUT2D eigenvalue weighted by Gasteiger charge is 2.31. The van der Waals surface area contributed by atoms with Gasteiger partial charge in [0, 0.05) is 68.6 Å². The Morgan fingerprint density at radius 1 is 0.734 bits per heavy atom. The monoisotopic (exact) mass is 855 g/mol. The van der Waals surface area contributed by atoms with Crippen molar-refractivity contribution in [3.63, 3.8) is 0 Å². The Morgan fingerprint density at radius 3 is 1.89 bits per heavy atom. The lowest BCUT2D eigenvalue weighted by Gasteiger charge is -2.28. The van der Waals surface area contributed by atoms with Gasteiger partial charge in [-0.1, -0.05) is 116 Å². The molecule has 5 heteroatoms. The van der Waals surface area contributed by atoms with Crippen LogP contribution in [0.5, 0.6) is 0 Å². The molecule has 0 bridgehead atoms. The summed E-state index contributed by atoms with van der Waals surface area (Å²) >= 11 is 1.67. The number of benzene rings is 5. The molecule has 4 nitrogen and oxygen atoms in total. The lowest BCUT2D eigenvalue weighted by Crippen LogP contribution is -2.18. The van der Waals surface area contributed by atoms with Gasteiger partial charge in [-0.25, -0.2) is 0 Å². The Labute approximate surface area is 385 Å². The third-order valence-corrected chi connectivity index (χ3v) is 13.2. The van der Waals surface area contributed by atoms with E-state index in [-0.39, 0.29) is 0 Å². The third-order valence-electron chi connectivity index (χ3n) is 12.0. The van der Waals surface area contributed by atoms with Gasteiger partial charge in [-0.3, -0.25) is 0 Å². The molecule has 0 unspecified atom stereocenters. The van der Waals surface area contributed by atoms with E-state index in [1.54, 1.807) is 11.3 Å². The Hall–Kier alpha value is -7.00. The standard InChI is InChI=1S/C59H59N4S/c1-11-14-29-52(40(4)5)63(53-30-19-18-22-41(53)6)59-51(39-60)55(46-27-16-15-17-28-46)58(64-59)54(47-31-35-49(36-32-47)61(12-2)56-42(7)23-20-24-43(56)8)48-33-37-50(38-34-48)62(13-3)57-44(9)25-21-26-45(57)10/h11,14-38H,4,12-13H2,1-3,5-10H3/q+1/b14-11-,52-29+. The van der Waals surface area contributed by atoms with E-state index in [9.17, 15) is 5.26 Å². The van der Waals surface area contributed by atoms with E-state index in [0.29, 0.717) is 5.56 Å². The second-order valence-electron chi connectivity index (χ2n) is 16.4. The molecule has 1 aliphatic rings. The normalized spacial score (nSPS) is 12.5. The van der Waals surface area contributed by atoms with Crippen LogP contribution in [0.15, 0.2) is 181 Å². The highest BCUT2D eigenvalue weighted by Crippen LogP contribution is 2.51. The van der Waals surface area contributed by atoms with Gasteiger partial charge in [0.2, 0.25) is 11.4 Å². The fraction of sp³-hybridized carbons (Fsp3) is 0.186. The molecule has 0 atom stereocenters. The van der Waals surface area contributed by atoms with Gasteiger partial charge in [0.15, 0.2) is 0 Å². The number of nitriles is 1. The van der Waals surface area contributed by atoms with E-state index in [1.807, 2.05) is 32.1 Å². The van der Waals surface area contributed by atoms with Crippen molar-refractivity contribution in [2.45, 2.75) is 62.3 Å². The van der Waals surface area contributed by atoms with E-state index < -0.39 is 0 Å². The van der Waals surface area contributed by atoms with Crippen molar-refractivity contribution < 1.29 is 4.58 Å². The molecule has 0 N–H and O–H groups in total. The zero-order valence-electron chi connectivity index (χ0n) is 38.8. The van der Waals surface area contributed by atoms with E-state index in [2.05, 4.69) is 215 Å². The molecule has 6 aromatic rings. The van der Waals surface area contributed by atoms with Gasteiger partial charge in [-0.15, -0.1) is 11.3 Å². The van der Waals surface area contributed by atoms with Gasteiger partial charge in [-0.05, 0) is 138 Å². The molecule has 64 heavy (non-hydrogen) atoms. The van der Waals surface area contributed by atoms with Crippen molar-refractivity contribution in [2.24, 2.45) is 0 Å². The SMILES string of the molecule is C=C(C)/C(=C\C=C/C)N(c1ccccc1C)c1sc(C(=C2C=CC(=[N+](CC)c3c(C)cccc3C)C=C2)c2ccc(N(CC)c3c(C)cccc3C)cc2)c(-c2ccccc2)c1C#N. The average Bonchev–Trinajstić information content (AvgIpc) is 3.67. The topological polar surface area (TPSA) is 33.3 Å². The number of rotatable bonds is 13. The summed E-state index contributed by atoms with van der Waals surface area (Å²) in [7, 11) is 0. The van der Waals surface area contributed by atoms with E-state index >= 15 is 0 Å². The lowest BCUT2D eigenvalue weighted by molar-refractivity contribution is -0.435. The van der Waals surface area contributed by atoms with Crippen LogP contribution >= 0.6 is 11.3 Å². The Balaban J connectivity index is 1.55. The number of para-hydroxylation sites is 3. The molecule has 5 aromatic carbocycles. The summed E-state index contributed by atoms with van der Waals surface area (Å²) < 4.78 is 2.40. The first-order chi connectivity index (χ1) is 31.0. The first kappa shape index (κ1) is 45.0. The average molecular weight is 856 g/mol. The van der Waals surface area contributed by atoms with Crippen molar-refractivity contribution in [3.05, 3.63) is 225 Å². The summed E-state index contributed by atoms with van der Waals surface area (Å²) in [6.07, 6.45) is 15.2. The number of anilines is 4. The molecular formula is C59H59N4S+. The van der Waals surface area contributed by atoms with Crippen LogP contribution in [-0.4, -0.2) is 23.4 Å². The van der Waals surface area contributed by atoms with Crippen LogP contribution in [0.4, 0.5) is 27.8 Å². The maximum absolute atomic E-state index is 11.5. The molecular weight excluding hydrogens is 797 g/mol. The minimum atomic E-state index is 0.618. The summed E-state index contributed by atoms with van der Waals surface area (Å²) in [5, 5.41) is 12.3. The molecule has 0 saturated heterocycles. The van der Waals surface area contributed by atoms with Crippen LogP contribution < -0.4 is 9.80 Å². The second-order valence-corrected chi connectivity index (χ2v) is 17.4. The summed E-state index contributed by atoms with van der Waals surface area (Å²) in [4.78, 5) is 5.67. The molecule has 0 aliphatic heterocycles. The number of hydrogen-bond donors (Lipinski definition) is 0. The largest absolute Gasteiger partial charge is 0.341 e. The van der Waals surface area contributed by atoms with Gasteiger partial charge in [0.1, 0.15) is 17.6 Å². The molecule has 0 radical (unpaired) electrons. The van der Waals surface area contributed by atoms with Gasteiger partial charge in [-0.2, -0.15) is 9.84 Å². The quantitative estimate of drug-likeness (QED) is 0.0857. The summed E-state index contributed by atoms with van der Waals surface area (Å²) in [5.74, 6) is 0. The van der Waals surface area contributed by atoms with E-state index in [1.165, 1.54) is 33.6 Å². The molecule has 0 amide bonds. The predicted octanol–water partition coefficient (Wildman–Crippen LogP) is 15.9. The molecule has 0 fully saturated rings. The molecule has 0 spiro atoms. The van der Waals surface area contributed by atoms with Gasteiger partial charge in [0.05, 0.1) is 5.56 Å². The highest BCUT2D eigenvalue weighted by molar-refractivity contribution is 7.18. The lowest BCUT2D eigenvalue weighted by atomic mass is 9.90. The van der Waals surface area contributed by atoms with Gasteiger partial charge >= 0.3 is 0 Å². The highest BCUT2D eigenvalue weighted by atomic mass is 32.1. The van der Waals surface area contributed by atoms with Crippen molar-refractivity contribution in [1.29, 1.82) is 5.26 Å². The van der Waals surface area contributed by atoms with E-state index in [0.717, 1.165) is 84.7 Å². The van der Waals surface area contributed by atoms with Crippen LogP contribution in [0.1, 0.15) is 71.5 Å². The maximum atomic E-state index is 11.5. The smallest absolute Gasteiger partial charge is 0.211 e. The molecule has 1 aromatic heterocycles. The Bertz CT molecular complexity index is 2880. The van der Waals surface area contributed by atoms with Crippen LogP contribution in [0.3, 0.4) is 0 Å². The predicted molar refractivity (Wildman–Crippen MR) is 276 cm³/mol. The maximum Gasteiger partial charge on any atom is 0.211 e. The van der Waals surface area contributed by atoms with Crippen LogP contribution in [0.25, 0.3) is 16.7 Å². The first-order valence-corrected chi connectivity index (χ1v) is 23.1. The number of thiophene rings is 1.